The quantitative estimate of drug-likeness (QED) is 0.792. The summed E-state index contributed by atoms with van der Waals surface area (Å²) >= 11 is 0. The zero-order valence-electron chi connectivity index (χ0n) is 17.2. The molecule has 0 fully saturated rings. The van der Waals surface area contributed by atoms with E-state index in [2.05, 4.69) is 10.6 Å². The first-order valence-corrected chi connectivity index (χ1v) is 9.24. The standard InChI is InChI=1S/C22H29N3O3/c1-22(2,3)28-21(27)24-18-10-6-16(7-11-18)14-20(26)23-15-17-8-12-19(13-9-17)25(4)5/h6-13H,14-15H2,1-5H3,(H,23,26)(H,24,27). The van der Waals surface area contributed by atoms with Gasteiger partial charge in [-0.2, -0.15) is 0 Å². The molecule has 6 nitrogen and oxygen atoms in total. The summed E-state index contributed by atoms with van der Waals surface area (Å²) < 4.78 is 5.21. The SMILES string of the molecule is CN(C)c1ccc(CNC(=O)Cc2ccc(NC(=O)OC(C)(C)C)cc2)cc1. The van der Waals surface area contributed by atoms with Crippen molar-refractivity contribution in [3.05, 3.63) is 59.7 Å². The minimum Gasteiger partial charge on any atom is -0.444 e. The van der Waals surface area contributed by atoms with E-state index in [-0.39, 0.29) is 12.3 Å². The van der Waals surface area contributed by atoms with Crippen LogP contribution in [0.5, 0.6) is 0 Å². The molecule has 2 N–H and O–H groups in total. The minimum atomic E-state index is -0.547. The third kappa shape index (κ3) is 7.31. The molecule has 2 rings (SSSR count). The highest BCUT2D eigenvalue weighted by molar-refractivity contribution is 5.85. The van der Waals surface area contributed by atoms with Crippen molar-refractivity contribution in [3.63, 3.8) is 0 Å². The smallest absolute Gasteiger partial charge is 0.412 e. The zero-order valence-corrected chi connectivity index (χ0v) is 17.2. The second-order valence-electron chi connectivity index (χ2n) is 7.84. The fraction of sp³-hybridized carbons (Fsp3) is 0.364. The van der Waals surface area contributed by atoms with Crippen LogP contribution in [-0.4, -0.2) is 31.7 Å². The van der Waals surface area contributed by atoms with Crippen molar-refractivity contribution in [2.45, 2.75) is 39.3 Å². The van der Waals surface area contributed by atoms with E-state index in [1.165, 1.54) is 0 Å². The van der Waals surface area contributed by atoms with Crippen LogP contribution in [-0.2, 0) is 22.5 Å². The lowest BCUT2D eigenvalue weighted by molar-refractivity contribution is -0.120. The second kappa shape index (κ2) is 9.26. The number of nitrogens with one attached hydrogen (secondary N) is 2. The first-order chi connectivity index (χ1) is 13.1. The van der Waals surface area contributed by atoms with E-state index in [1.54, 1.807) is 12.1 Å². The fourth-order valence-electron chi connectivity index (χ4n) is 2.49. The lowest BCUT2D eigenvalue weighted by Gasteiger charge is -2.19. The Hall–Kier alpha value is -3.02. The second-order valence-corrected chi connectivity index (χ2v) is 7.84. The number of anilines is 2. The molecular weight excluding hydrogens is 354 g/mol. The van der Waals surface area contributed by atoms with Crippen molar-refractivity contribution in [3.8, 4) is 0 Å². The third-order valence-electron chi connectivity index (χ3n) is 3.91. The molecular formula is C22H29N3O3. The van der Waals surface area contributed by atoms with Crippen LogP contribution in [0.2, 0.25) is 0 Å². The number of hydrogen-bond acceptors (Lipinski definition) is 4. The van der Waals surface area contributed by atoms with Crippen molar-refractivity contribution in [2.24, 2.45) is 0 Å². The van der Waals surface area contributed by atoms with Crippen molar-refractivity contribution >= 4 is 23.4 Å². The number of amides is 2. The first-order valence-electron chi connectivity index (χ1n) is 9.24. The highest BCUT2D eigenvalue weighted by Crippen LogP contribution is 2.14. The lowest BCUT2D eigenvalue weighted by Crippen LogP contribution is -2.27. The Bertz CT molecular complexity index is 791. The average molecular weight is 383 g/mol. The fourth-order valence-corrected chi connectivity index (χ4v) is 2.49. The predicted octanol–water partition coefficient (Wildman–Crippen LogP) is 3.96. The maximum Gasteiger partial charge on any atom is 0.412 e. The van der Waals surface area contributed by atoms with Gasteiger partial charge >= 0.3 is 6.09 Å². The number of carbonyl (C=O) groups excluding carboxylic acids is 2. The van der Waals surface area contributed by atoms with Gasteiger partial charge in [0.2, 0.25) is 5.91 Å². The zero-order chi connectivity index (χ0) is 20.7. The number of benzene rings is 2. The molecule has 0 radical (unpaired) electrons. The molecule has 0 atom stereocenters. The highest BCUT2D eigenvalue weighted by Gasteiger charge is 2.16. The summed E-state index contributed by atoms with van der Waals surface area (Å²) in [6.45, 7) is 5.92. The maximum absolute atomic E-state index is 12.2. The van der Waals surface area contributed by atoms with E-state index in [4.69, 9.17) is 4.74 Å². The van der Waals surface area contributed by atoms with Gasteiger partial charge in [-0.05, 0) is 56.2 Å². The summed E-state index contributed by atoms with van der Waals surface area (Å²) in [6, 6.07) is 15.2. The first kappa shape index (κ1) is 21.3. The number of ether oxygens (including phenoxy) is 1. The van der Waals surface area contributed by atoms with E-state index in [0.29, 0.717) is 12.2 Å². The van der Waals surface area contributed by atoms with Crippen LogP contribution in [0.25, 0.3) is 0 Å². The van der Waals surface area contributed by atoms with Crippen molar-refractivity contribution in [1.29, 1.82) is 0 Å². The van der Waals surface area contributed by atoms with Crippen LogP contribution in [0.1, 0.15) is 31.9 Å². The summed E-state index contributed by atoms with van der Waals surface area (Å²) in [6.07, 6.45) is -0.221. The van der Waals surface area contributed by atoms with Crippen LogP contribution in [0, 0.1) is 0 Å². The highest BCUT2D eigenvalue weighted by atomic mass is 16.6. The molecule has 2 aromatic rings. The van der Waals surface area contributed by atoms with Crippen LogP contribution in [0.4, 0.5) is 16.2 Å². The van der Waals surface area contributed by atoms with Gasteiger partial charge in [-0.1, -0.05) is 24.3 Å². The Kier molecular flexibility index (Phi) is 7.04. The lowest BCUT2D eigenvalue weighted by atomic mass is 10.1. The number of hydrogen-bond donors (Lipinski definition) is 2. The van der Waals surface area contributed by atoms with Crippen LogP contribution in [0.15, 0.2) is 48.5 Å². The number of rotatable bonds is 6. The Morgan fingerprint density at radius 1 is 0.929 bits per heavy atom. The normalized spacial score (nSPS) is 10.9. The van der Waals surface area contributed by atoms with Gasteiger partial charge in [0, 0.05) is 32.0 Å². The Balaban J connectivity index is 1.81. The average Bonchev–Trinajstić information content (AvgIpc) is 2.60. The van der Waals surface area contributed by atoms with Crippen molar-refractivity contribution < 1.29 is 14.3 Å². The van der Waals surface area contributed by atoms with E-state index >= 15 is 0 Å². The molecule has 0 aliphatic heterocycles. The molecule has 6 heteroatoms. The molecule has 0 aliphatic rings. The molecule has 0 unspecified atom stereocenters. The molecule has 0 bridgehead atoms. The van der Waals surface area contributed by atoms with Crippen LogP contribution in [0.3, 0.4) is 0 Å². The minimum absolute atomic E-state index is 0.0514. The summed E-state index contributed by atoms with van der Waals surface area (Å²) in [5.41, 5.74) is 3.12. The molecule has 0 spiro atoms. The summed E-state index contributed by atoms with van der Waals surface area (Å²) in [5, 5.41) is 5.60. The monoisotopic (exact) mass is 383 g/mol. The Morgan fingerprint density at radius 2 is 1.50 bits per heavy atom. The van der Waals surface area contributed by atoms with Crippen LogP contribution >= 0.6 is 0 Å². The Morgan fingerprint density at radius 3 is 2.04 bits per heavy atom. The van der Waals surface area contributed by atoms with E-state index in [0.717, 1.165) is 16.8 Å². The van der Waals surface area contributed by atoms with Crippen LogP contribution < -0.4 is 15.5 Å². The predicted molar refractivity (Wildman–Crippen MR) is 113 cm³/mol. The molecule has 0 heterocycles. The maximum atomic E-state index is 12.2. The van der Waals surface area contributed by atoms with Gasteiger partial charge in [0.15, 0.2) is 0 Å². The molecule has 150 valence electrons. The molecule has 2 aromatic carbocycles. The van der Waals surface area contributed by atoms with Gasteiger partial charge in [-0.15, -0.1) is 0 Å². The molecule has 0 saturated carbocycles. The van der Waals surface area contributed by atoms with E-state index in [1.807, 2.05) is 76.2 Å². The van der Waals surface area contributed by atoms with Crippen molar-refractivity contribution in [1.82, 2.24) is 5.32 Å². The largest absolute Gasteiger partial charge is 0.444 e. The van der Waals surface area contributed by atoms with Gasteiger partial charge in [0.1, 0.15) is 5.60 Å². The number of nitrogens with zero attached hydrogens (tertiary/aromatic N) is 1. The summed E-state index contributed by atoms with van der Waals surface area (Å²) in [5.74, 6) is -0.0514. The van der Waals surface area contributed by atoms with Crippen molar-refractivity contribution in [2.75, 3.05) is 24.3 Å². The topological polar surface area (TPSA) is 70.7 Å². The molecule has 0 aliphatic carbocycles. The molecule has 28 heavy (non-hydrogen) atoms. The molecule has 0 aromatic heterocycles. The Labute approximate surface area is 166 Å². The molecule has 0 saturated heterocycles. The number of carbonyl (C=O) groups is 2. The van der Waals surface area contributed by atoms with Gasteiger partial charge in [0.05, 0.1) is 6.42 Å². The van der Waals surface area contributed by atoms with E-state index in [9.17, 15) is 9.59 Å². The summed E-state index contributed by atoms with van der Waals surface area (Å²) in [7, 11) is 3.98. The van der Waals surface area contributed by atoms with E-state index < -0.39 is 11.7 Å². The summed E-state index contributed by atoms with van der Waals surface area (Å²) in [4.78, 5) is 26.0. The molecule has 2 amide bonds. The third-order valence-corrected chi connectivity index (χ3v) is 3.91. The van der Waals surface area contributed by atoms with Gasteiger partial charge < -0.3 is 15.0 Å². The van der Waals surface area contributed by atoms with Gasteiger partial charge in [-0.25, -0.2) is 4.79 Å². The van der Waals surface area contributed by atoms with Gasteiger partial charge in [-0.3, -0.25) is 10.1 Å². The van der Waals surface area contributed by atoms with Gasteiger partial charge in [0.25, 0.3) is 0 Å².